The van der Waals surface area contributed by atoms with Gasteiger partial charge < -0.3 is 14.6 Å². The summed E-state index contributed by atoms with van der Waals surface area (Å²) < 4.78 is 10.9. The van der Waals surface area contributed by atoms with E-state index in [0.717, 1.165) is 6.42 Å². The van der Waals surface area contributed by atoms with Crippen molar-refractivity contribution in [2.75, 3.05) is 6.61 Å². The minimum Gasteiger partial charge on any atom is -0.478 e. The Labute approximate surface area is 102 Å². The van der Waals surface area contributed by atoms with E-state index in [2.05, 4.69) is 9.97 Å². The number of rotatable bonds is 6. The predicted molar refractivity (Wildman–Crippen MR) is 64.2 cm³/mol. The van der Waals surface area contributed by atoms with E-state index < -0.39 is 5.60 Å². The van der Waals surface area contributed by atoms with Gasteiger partial charge in [0.15, 0.2) is 0 Å². The van der Waals surface area contributed by atoms with E-state index in [1.165, 1.54) is 6.33 Å². The first-order valence-electron chi connectivity index (χ1n) is 5.77. The molecule has 1 unspecified atom stereocenters. The van der Waals surface area contributed by atoms with E-state index in [9.17, 15) is 5.11 Å². The van der Waals surface area contributed by atoms with Crippen molar-refractivity contribution < 1.29 is 14.6 Å². The molecule has 1 rings (SSSR count). The predicted octanol–water partition coefficient (Wildman–Crippen LogP) is 1.80. The Bertz CT molecular complexity index is 350. The van der Waals surface area contributed by atoms with Crippen molar-refractivity contribution in [2.45, 2.75) is 45.8 Å². The quantitative estimate of drug-likeness (QED) is 0.821. The molecule has 0 aliphatic rings. The Morgan fingerprint density at radius 1 is 1.35 bits per heavy atom. The third kappa shape index (κ3) is 4.56. The SMILES string of the molecule is CCCOc1cc(OC(C)C(C)(C)O)ncn1. The maximum absolute atomic E-state index is 9.76. The zero-order valence-electron chi connectivity index (χ0n) is 10.8. The standard InChI is InChI=1S/C12H20N2O3/c1-5-6-16-10-7-11(14-8-13-10)17-9(2)12(3,4)15/h7-9,15H,5-6H2,1-4H3. The number of ether oxygens (including phenoxy) is 2. The molecule has 96 valence electrons. The van der Waals surface area contributed by atoms with Crippen LogP contribution in [0.3, 0.4) is 0 Å². The van der Waals surface area contributed by atoms with Crippen molar-refractivity contribution in [3.63, 3.8) is 0 Å². The number of aromatic nitrogens is 2. The second-order valence-electron chi connectivity index (χ2n) is 4.46. The van der Waals surface area contributed by atoms with E-state index in [-0.39, 0.29) is 6.10 Å². The highest BCUT2D eigenvalue weighted by Gasteiger charge is 2.24. The van der Waals surface area contributed by atoms with Crippen molar-refractivity contribution in [3.05, 3.63) is 12.4 Å². The molecule has 5 nitrogen and oxygen atoms in total. The third-order valence-corrected chi connectivity index (χ3v) is 2.36. The van der Waals surface area contributed by atoms with Crippen molar-refractivity contribution >= 4 is 0 Å². The maximum atomic E-state index is 9.76. The van der Waals surface area contributed by atoms with Crippen LogP contribution in [0.25, 0.3) is 0 Å². The molecule has 1 aromatic rings. The first kappa shape index (κ1) is 13.7. The summed E-state index contributed by atoms with van der Waals surface area (Å²) in [6.45, 7) is 7.79. The highest BCUT2D eigenvalue weighted by molar-refractivity contribution is 5.18. The van der Waals surface area contributed by atoms with Crippen LogP contribution in [0.5, 0.6) is 11.8 Å². The smallest absolute Gasteiger partial charge is 0.220 e. The van der Waals surface area contributed by atoms with Crippen LogP contribution in [0.2, 0.25) is 0 Å². The van der Waals surface area contributed by atoms with Crippen molar-refractivity contribution in [3.8, 4) is 11.8 Å². The molecule has 0 spiro atoms. The van der Waals surface area contributed by atoms with Gasteiger partial charge in [-0.15, -0.1) is 0 Å². The Morgan fingerprint density at radius 3 is 2.59 bits per heavy atom. The van der Waals surface area contributed by atoms with Gasteiger partial charge in [-0.1, -0.05) is 6.92 Å². The summed E-state index contributed by atoms with van der Waals surface area (Å²) in [5, 5.41) is 9.76. The highest BCUT2D eigenvalue weighted by Crippen LogP contribution is 2.18. The molecule has 5 heteroatoms. The van der Waals surface area contributed by atoms with Gasteiger partial charge >= 0.3 is 0 Å². The summed E-state index contributed by atoms with van der Waals surface area (Å²) in [6, 6.07) is 1.62. The van der Waals surface area contributed by atoms with Crippen LogP contribution in [0.4, 0.5) is 0 Å². The molecular formula is C12H20N2O3. The van der Waals surface area contributed by atoms with Gasteiger partial charge in [-0.25, -0.2) is 9.97 Å². The second kappa shape index (κ2) is 5.82. The molecule has 1 N–H and O–H groups in total. The fourth-order valence-corrected chi connectivity index (χ4v) is 0.998. The number of aliphatic hydroxyl groups is 1. The molecule has 1 heterocycles. The van der Waals surface area contributed by atoms with Gasteiger partial charge in [-0.2, -0.15) is 0 Å². The third-order valence-electron chi connectivity index (χ3n) is 2.36. The monoisotopic (exact) mass is 240 g/mol. The van der Waals surface area contributed by atoms with Crippen LogP contribution < -0.4 is 9.47 Å². The molecule has 0 aliphatic heterocycles. The molecule has 0 saturated carbocycles. The fraction of sp³-hybridized carbons (Fsp3) is 0.667. The summed E-state index contributed by atoms with van der Waals surface area (Å²) in [5.74, 6) is 0.889. The van der Waals surface area contributed by atoms with Crippen molar-refractivity contribution in [2.24, 2.45) is 0 Å². The van der Waals surface area contributed by atoms with Gasteiger partial charge in [0, 0.05) is 0 Å². The minimum absolute atomic E-state index is 0.364. The van der Waals surface area contributed by atoms with E-state index in [1.54, 1.807) is 26.8 Å². The Balaban J connectivity index is 2.65. The van der Waals surface area contributed by atoms with Crippen LogP contribution in [-0.2, 0) is 0 Å². The van der Waals surface area contributed by atoms with E-state index >= 15 is 0 Å². The molecule has 0 fully saturated rings. The van der Waals surface area contributed by atoms with Crippen molar-refractivity contribution in [1.29, 1.82) is 0 Å². The van der Waals surface area contributed by atoms with Gasteiger partial charge in [-0.05, 0) is 27.2 Å². The highest BCUT2D eigenvalue weighted by atomic mass is 16.5. The van der Waals surface area contributed by atoms with Crippen molar-refractivity contribution in [1.82, 2.24) is 9.97 Å². The lowest BCUT2D eigenvalue weighted by atomic mass is 10.0. The number of nitrogens with zero attached hydrogens (tertiary/aromatic N) is 2. The average molecular weight is 240 g/mol. The lowest BCUT2D eigenvalue weighted by Gasteiger charge is -2.25. The van der Waals surface area contributed by atoms with Crippen LogP contribution in [0.1, 0.15) is 34.1 Å². The molecule has 0 aromatic carbocycles. The Kier molecular flexibility index (Phi) is 4.69. The fourth-order valence-electron chi connectivity index (χ4n) is 0.998. The van der Waals surface area contributed by atoms with Gasteiger partial charge in [0.05, 0.1) is 18.3 Å². The lowest BCUT2D eigenvalue weighted by Crippen LogP contribution is -2.38. The normalized spacial score (nSPS) is 13.2. The van der Waals surface area contributed by atoms with Gasteiger partial charge in [0.2, 0.25) is 11.8 Å². The van der Waals surface area contributed by atoms with Crippen LogP contribution in [0, 0.1) is 0 Å². The molecule has 17 heavy (non-hydrogen) atoms. The summed E-state index contributed by atoms with van der Waals surface area (Å²) in [7, 11) is 0. The van der Waals surface area contributed by atoms with Gasteiger partial charge in [0.25, 0.3) is 0 Å². The Hall–Kier alpha value is -1.36. The maximum Gasteiger partial charge on any atom is 0.220 e. The minimum atomic E-state index is -0.921. The average Bonchev–Trinajstić information content (AvgIpc) is 2.25. The lowest BCUT2D eigenvalue weighted by molar-refractivity contribution is -0.0261. The molecule has 1 atom stereocenters. The molecule has 0 bridgehead atoms. The summed E-state index contributed by atoms with van der Waals surface area (Å²) in [6.07, 6.45) is 1.94. The second-order valence-corrected chi connectivity index (χ2v) is 4.46. The number of hydrogen-bond acceptors (Lipinski definition) is 5. The van der Waals surface area contributed by atoms with Crippen LogP contribution in [-0.4, -0.2) is 33.4 Å². The molecule has 0 aliphatic carbocycles. The summed E-state index contributed by atoms with van der Waals surface area (Å²) in [5.41, 5.74) is -0.921. The molecule has 0 amide bonds. The molecular weight excluding hydrogens is 220 g/mol. The first-order chi connectivity index (χ1) is 7.93. The van der Waals surface area contributed by atoms with Gasteiger partial charge in [0.1, 0.15) is 12.4 Å². The Morgan fingerprint density at radius 2 is 2.00 bits per heavy atom. The van der Waals surface area contributed by atoms with Gasteiger partial charge in [-0.3, -0.25) is 0 Å². The van der Waals surface area contributed by atoms with E-state index in [0.29, 0.717) is 18.4 Å². The van der Waals surface area contributed by atoms with E-state index in [4.69, 9.17) is 9.47 Å². The van der Waals surface area contributed by atoms with E-state index in [1.807, 2.05) is 6.92 Å². The summed E-state index contributed by atoms with van der Waals surface area (Å²) in [4.78, 5) is 7.95. The van der Waals surface area contributed by atoms with Crippen LogP contribution >= 0.6 is 0 Å². The largest absolute Gasteiger partial charge is 0.478 e. The zero-order valence-corrected chi connectivity index (χ0v) is 10.8. The molecule has 0 radical (unpaired) electrons. The molecule has 0 saturated heterocycles. The number of hydrogen-bond donors (Lipinski definition) is 1. The topological polar surface area (TPSA) is 64.5 Å². The van der Waals surface area contributed by atoms with Crippen LogP contribution in [0.15, 0.2) is 12.4 Å². The first-order valence-corrected chi connectivity index (χ1v) is 5.77. The summed E-state index contributed by atoms with van der Waals surface area (Å²) >= 11 is 0. The zero-order chi connectivity index (χ0) is 12.9. The molecule has 1 aromatic heterocycles.